The summed E-state index contributed by atoms with van der Waals surface area (Å²) in [6, 6.07) is 12.7. The van der Waals surface area contributed by atoms with E-state index in [1.807, 2.05) is 6.08 Å². The fourth-order valence-electron chi connectivity index (χ4n) is 7.12. The summed E-state index contributed by atoms with van der Waals surface area (Å²) < 4.78 is 5.48. The van der Waals surface area contributed by atoms with Gasteiger partial charge in [0.25, 0.3) is 11.8 Å². The van der Waals surface area contributed by atoms with Crippen molar-refractivity contribution in [2.45, 2.75) is 28.5 Å². The van der Waals surface area contributed by atoms with E-state index in [9.17, 15) is 29.2 Å². The molecule has 2 aromatic carbocycles. The molecule has 0 spiro atoms. The molecule has 1 saturated carbocycles. The molecule has 3 N–H and O–H groups in total. The molecule has 3 fully saturated rings. The maximum Gasteiger partial charge on any atom is 0.488 e. The second-order valence-corrected chi connectivity index (χ2v) is 12.4. The highest BCUT2D eigenvalue weighted by atomic mass is 35.5. The summed E-state index contributed by atoms with van der Waals surface area (Å²) in [7, 11) is -0.459. The number of carbonyl (C=O) groups is 4. The van der Waals surface area contributed by atoms with Crippen LogP contribution in [0.15, 0.2) is 60.2 Å². The van der Waals surface area contributed by atoms with Crippen molar-refractivity contribution in [3.63, 3.8) is 0 Å². The molecule has 4 aliphatic rings. The van der Waals surface area contributed by atoms with Crippen LogP contribution in [0.25, 0.3) is 0 Å². The fourth-order valence-corrected chi connectivity index (χ4v) is 8.14. The smallest absolute Gasteiger partial charge is 0.488 e. The second kappa shape index (κ2) is 10.2. The van der Waals surface area contributed by atoms with E-state index in [2.05, 4.69) is 0 Å². The first-order valence-electron chi connectivity index (χ1n) is 13.5. The van der Waals surface area contributed by atoms with Crippen molar-refractivity contribution in [2.75, 3.05) is 25.2 Å². The third-order valence-corrected chi connectivity index (χ3v) is 10.4. The Morgan fingerprint density at radius 1 is 1.00 bits per heavy atom. The van der Waals surface area contributed by atoms with Gasteiger partial charge in [0.1, 0.15) is 12.4 Å². The predicted molar refractivity (Wildman–Crippen MR) is 153 cm³/mol. The highest BCUT2D eigenvalue weighted by molar-refractivity contribution is 6.58. The lowest BCUT2D eigenvalue weighted by Crippen LogP contribution is -2.60. The second-order valence-electron chi connectivity index (χ2n) is 11.1. The average molecular weight is 613 g/mol. The van der Waals surface area contributed by atoms with Gasteiger partial charge in [-0.05, 0) is 54.1 Å². The number of hydrogen-bond acceptors (Lipinski definition) is 8. The summed E-state index contributed by atoms with van der Waals surface area (Å²) in [5.41, 5.74) is 1.56. The van der Waals surface area contributed by atoms with E-state index >= 15 is 0 Å². The molecule has 2 aliphatic carbocycles. The van der Waals surface area contributed by atoms with Gasteiger partial charge in [0, 0.05) is 13.0 Å². The van der Waals surface area contributed by atoms with E-state index < -0.39 is 64.2 Å². The average Bonchev–Trinajstić information content (AvgIpc) is 3.31. The van der Waals surface area contributed by atoms with Gasteiger partial charge in [-0.25, -0.2) is 0 Å². The number of rotatable bonds is 6. The molecular weight excluding hydrogens is 586 g/mol. The van der Waals surface area contributed by atoms with Gasteiger partial charge in [0.15, 0.2) is 9.75 Å². The van der Waals surface area contributed by atoms with E-state index in [1.165, 1.54) is 25.2 Å². The van der Waals surface area contributed by atoms with Crippen molar-refractivity contribution in [2.24, 2.45) is 17.8 Å². The zero-order chi connectivity index (χ0) is 30.1. The van der Waals surface area contributed by atoms with Crippen molar-refractivity contribution >= 4 is 65.1 Å². The van der Waals surface area contributed by atoms with Gasteiger partial charge in [-0.3, -0.25) is 29.0 Å². The third-order valence-electron chi connectivity index (χ3n) is 9.01. The van der Waals surface area contributed by atoms with E-state index in [0.29, 0.717) is 16.9 Å². The Bertz CT molecular complexity index is 1530. The SMILES string of the molecule is CN1C(=O)C2(Cl)CC3C(=CCC4C(=O)N(c5cccc(B(O)O)c5)C(=O)C43)C(c3ccc(OCCO)cc3)C2(Cl)C1=O. The van der Waals surface area contributed by atoms with Gasteiger partial charge in [0.2, 0.25) is 11.8 Å². The molecule has 6 unspecified atom stereocenters. The third kappa shape index (κ3) is 3.91. The molecule has 13 heteroatoms. The maximum absolute atomic E-state index is 14.0. The first-order valence-corrected chi connectivity index (χ1v) is 14.3. The Balaban J connectivity index is 1.45. The zero-order valence-corrected chi connectivity index (χ0v) is 24.0. The number of aliphatic hydroxyl groups excluding tert-OH is 1. The molecule has 2 aromatic rings. The number of halogens is 2. The number of benzene rings is 2. The number of likely N-dealkylation sites (tertiary alicyclic amines) is 1. The first-order chi connectivity index (χ1) is 20.0. The Morgan fingerprint density at radius 3 is 2.38 bits per heavy atom. The van der Waals surface area contributed by atoms with Crippen LogP contribution in [-0.2, 0) is 19.2 Å². The number of allylic oxidation sites excluding steroid dienone is 2. The summed E-state index contributed by atoms with van der Waals surface area (Å²) in [6.07, 6.45) is 1.91. The quantitative estimate of drug-likeness (QED) is 0.189. The van der Waals surface area contributed by atoms with Gasteiger partial charge in [-0.15, -0.1) is 23.2 Å². The van der Waals surface area contributed by atoms with E-state index in [1.54, 1.807) is 30.3 Å². The zero-order valence-electron chi connectivity index (χ0n) is 22.4. The Hall–Kier alpha value is -3.22. The molecule has 0 radical (unpaired) electrons. The van der Waals surface area contributed by atoms with E-state index in [0.717, 1.165) is 9.80 Å². The normalized spacial score (nSPS) is 32.0. The van der Waals surface area contributed by atoms with Crippen LogP contribution < -0.4 is 15.1 Å². The number of fused-ring (bicyclic) bond motifs is 4. The first kappa shape index (κ1) is 28.9. The number of carbonyl (C=O) groups excluding carboxylic acids is 4. The van der Waals surface area contributed by atoms with Crippen LogP contribution in [0.3, 0.4) is 0 Å². The molecule has 2 heterocycles. The highest BCUT2D eigenvalue weighted by Gasteiger charge is 2.75. The van der Waals surface area contributed by atoms with Gasteiger partial charge in [-0.2, -0.15) is 0 Å². The van der Waals surface area contributed by atoms with Crippen molar-refractivity contribution < 1.29 is 39.1 Å². The molecule has 2 aliphatic heterocycles. The number of hydrogen-bond donors (Lipinski definition) is 3. The van der Waals surface area contributed by atoms with E-state index in [-0.39, 0.29) is 37.2 Å². The van der Waals surface area contributed by atoms with Crippen LogP contribution in [0.2, 0.25) is 0 Å². The predicted octanol–water partition coefficient (Wildman–Crippen LogP) is 0.931. The van der Waals surface area contributed by atoms with Gasteiger partial charge in [-0.1, -0.05) is 35.9 Å². The number of amides is 4. The summed E-state index contributed by atoms with van der Waals surface area (Å²) in [5, 5.41) is 28.4. The minimum Gasteiger partial charge on any atom is -0.491 e. The van der Waals surface area contributed by atoms with Crippen LogP contribution in [0.5, 0.6) is 5.75 Å². The molecule has 42 heavy (non-hydrogen) atoms. The lowest BCUT2D eigenvalue weighted by molar-refractivity contribution is -0.138. The van der Waals surface area contributed by atoms with Crippen LogP contribution >= 0.6 is 23.2 Å². The van der Waals surface area contributed by atoms with Gasteiger partial charge in [0.05, 0.1) is 24.1 Å². The molecule has 0 bridgehead atoms. The molecule has 6 atom stereocenters. The monoisotopic (exact) mass is 612 g/mol. The Kier molecular flexibility index (Phi) is 7.02. The van der Waals surface area contributed by atoms with Crippen molar-refractivity contribution in [3.8, 4) is 5.75 Å². The molecule has 218 valence electrons. The number of ether oxygens (including phenoxy) is 1. The summed E-state index contributed by atoms with van der Waals surface area (Å²) in [4.78, 5) is 53.1. The Labute approximate surface area is 251 Å². The van der Waals surface area contributed by atoms with Crippen molar-refractivity contribution in [3.05, 3.63) is 65.7 Å². The standard InChI is InChI=1S/C29H27BCl2N2O8/c1-33-26(38)28(31)14-21-19(23(29(28,32)27(33)39)15-5-7-18(8-6-15)42-12-11-35)9-10-20-22(21)25(37)34(24(20)36)17-4-2-3-16(13-17)30(40)41/h2-9,13,20-23,35,40-41H,10-12,14H2,1H3. The van der Waals surface area contributed by atoms with E-state index in [4.69, 9.17) is 33.0 Å². The Morgan fingerprint density at radius 2 is 1.71 bits per heavy atom. The summed E-state index contributed by atoms with van der Waals surface area (Å²) in [6.45, 7) is -0.0768. The van der Waals surface area contributed by atoms with Crippen LogP contribution in [0.4, 0.5) is 5.69 Å². The maximum atomic E-state index is 14.0. The highest BCUT2D eigenvalue weighted by Crippen LogP contribution is 2.65. The lowest BCUT2D eigenvalue weighted by Gasteiger charge is -2.50. The molecule has 10 nitrogen and oxygen atoms in total. The lowest BCUT2D eigenvalue weighted by atomic mass is 9.56. The molecule has 4 amide bonds. The van der Waals surface area contributed by atoms with Crippen molar-refractivity contribution in [1.82, 2.24) is 4.90 Å². The number of aliphatic hydroxyl groups is 1. The van der Waals surface area contributed by atoms with Crippen molar-refractivity contribution in [1.29, 1.82) is 0 Å². The molecule has 2 saturated heterocycles. The summed E-state index contributed by atoms with van der Waals surface area (Å²) in [5.74, 6) is -4.96. The summed E-state index contributed by atoms with van der Waals surface area (Å²) >= 11 is 14.3. The number of nitrogens with zero attached hydrogens (tertiary/aromatic N) is 2. The minimum absolute atomic E-state index is 0.0912. The van der Waals surface area contributed by atoms with Crippen LogP contribution in [0, 0.1) is 17.8 Å². The van der Waals surface area contributed by atoms with Gasteiger partial charge >= 0.3 is 7.12 Å². The van der Waals surface area contributed by atoms with Gasteiger partial charge < -0.3 is 19.9 Å². The topological polar surface area (TPSA) is 145 Å². The van der Waals surface area contributed by atoms with Crippen LogP contribution in [-0.4, -0.2) is 80.8 Å². The fraction of sp³-hybridized carbons (Fsp3) is 0.379. The minimum atomic E-state index is -1.89. The molecular formula is C29H27BCl2N2O8. The number of alkyl halides is 2. The number of anilines is 1. The largest absolute Gasteiger partial charge is 0.491 e. The number of imide groups is 2. The molecule has 6 rings (SSSR count). The van der Waals surface area contributed by atoms with Crippen LogP contribution in [0.1, 0.15) is 24.3 Å². The molecule has 0 aromatic heterocycles.